The molecular formula is C12H23NO5. The molecular weight excluding hydrogens is 238 g/mol. The number of amides is 1. The molecule has 0 atom stereocenters. The third-order valence-corrected chi connectivity index (χ3v) is 2.03. The zero-order chi connectivity index (χ0) is 13.8. The minimum Gasteiger partial charge on any atom is -0.481 e. The first-order valence-electron chi connectivity index (χ1n) is 6.20. The van der Waals surface area contributed by atoms with Crippen molar-refractivity contribution in [2.24, 2.45) is 0 Å². The molecule has 0 aliphatic rings. The van der Waals surface area contributed by atoms with E-state index in [4.69, 9.17) is 14.6 Å². The summed E-state index contributed by atoms with van der Waals surface area (Å²) in [4.78, 5) is 21.3. The number of hydrogen-bond donors (Lipinski definition) is 2. The second kappa shape index (κ2) is 11.0. The smallest absolute Gasteiger partial charge is 0.303 e. The first-order valence-corrected chi connectivity index (χ1v) is 6.20. The number of carbonyl (C=O) groups is 2. The van der Waals surface area contributed by atoms with E-state index in [1.165, 1.54) is 0 Å². The van der Waals surface area contributed by atoms with Crippen LogP contribution in [0.1, 0.15) is 33.1 Å². The van der Waals surface area contributed by atoms with Crippen LogP contribution in [0.5, 0.6) is 0 Å². The molecule has 0 aliphatic carbocycles. The van der Waals surface area contributed by atoms with Gasteiger partial charge in [-0.1, -0.05) is 0 Å². The minimum absolute atomic E-state index is 0.0262. The Morgan fingerprint density at radius 2 is 1.89 bits per heavy atom. The van der Waals surface area contributed by atoms with Crippen molar-refractivity contribution in [3.63, 3.8) is 0 Å². The highest BCUT2D eigenvalue weighted by molar-refractivity contribution is 5.80. The zero-order valence-electron chi connectivity index (χ0n) is 11.1. The quantitative estimate of drug-likeness (QED) is 0.537. The molecule has 2 N–H and O–H groups in total. The lowest BCUT2D eigenvalue weighted by Gasteiger charge is -2.08. The molecule has 0 aromatic heterocycles. The second-order valence-corrected chi connectivity index (χ2v) is 4.13. The van der Waals surface area contributed by atoms with Gasteiger partial charge in [-0.25, -0.2) is 0 Å². The predicted molar refractivity (Wildman–Crippen MR) is 66.4 cm³/mol. The van der Waals surface area contributed by atoms with Crippen LogP contribution in [-0.4, -0.2) is 49.5 Å². The van der Waals surface area contributed by atoms with Crippen LogP contribution >= 0.6 is 0 Å². The highest BCUT2D eigenvalue weighted by Gasteiger charge is 2.03. The fourth-order valence-corrected chi connectivity index (χ4v) is 1.16. The Kier molecular flexibility index (Phi) is 10.3. The predicted octanol–water partition coefficient (Wildman–Crippen LogP) is 0.799. The lowest BCUT2D eigenvalue weighted by Crippen LogP contribution is -2.25. The van der Waals surface area contributed by atoms with Crippen LogP contribution in [0.3, 0.4) is 0 Å². The normalized spacial score (nSPS) is 10.6. The molecule has 0 spiro atoms. The molecule has 106 valence electrons. The molecule has 0 aromatic rings. The Hall–Kier alpha value is -1.14. The van der Waals surface area contributed by atoms with E-state index < -0.39 is 5.97 Å². The molecule has 0 unspecified atom stereocenters. The van der Waals surface area contributed by atoms with E-state index in [1.807, 2.05) is 13.8 Å². The molecule has 0 fully saturated rings. The van der Waals surface area contributed by atoms with E-state index in [2.05, 4.69) is 5.32 Å². The number of nitrogens with one attached hydrogen (secondary N) is 1. The van der Waals surface area contributed by atoms with Gasteiger partial charge in [-0.2, -0.15) is 0 Å². The Morgan fingerprint density at radius 1 is 1.17 bits per heavy atom. The Morgan fingerprint density at radius 3 is 2.50 bits per heavy atom. The fraction of sp³-hybridized carbons (Fsp3) is 0.833. The van der Waals surface area contributed by atoms with Crippen molar-refractivity contribution in [3.05, 3.63) is 0 Å². The van der Waals surface area contributed by atoms with Gasteiger partial charge in [-0.3, -0.25) is 9.59 Å². The SMILES string of the molecule is CC(C)OCCOCCCNC(=O)CCC(=O)O. The van der Waals surface area contributed by atoms with Gasteiger partial charge in [0, 0.05) is 19.6 Å². The molecule has 0 rings (SSSR count). The molecule has 0 aromatic carbocycles. The van der Waals surface area contributed by atoms with Gasteiger partial charge in [-0.05, 0) is 20.3 Å². The van der Waals surface area contributed by atoms with Gasteiger partial charge in [0.25, 0.3) is 0 Å². The summed E-state index contributed by atoms with van der Waals surface area (Å²) in [5, 5.41) is 11.0. The number of hydrogen-bond acceptors (Lipinski definition) is 4. The maximum atomic E-state index is 11.1. The van der Waals surface area contributed by atoms with E-state index in [0.717, 1.165) is 0 Å². The summed E-state index contributed by atoms with van der Waals surface area (Å²) in [5.74, 6) is -1.20. The van der Waals surface area contributed by atoms with Gasteiger partial charge in [0.15, 0.2) is 0 Å². The molecule has 18 heavy (non-hydrogen) atoms. The fourth-order valence-electron chi connectivity index (χ4n) is 1.16. The van der Waals surface area contributed by atoms with Gasteiger partial charge < -0.3 is 19.9 Å². The maximum absolute atomic E-state index is 11.1. The third-order valence-electron chi connectivity index (χ3n) is 2.03. The van der Waals surface area contributed by atoms with Crippen LogP contribution < -0.4 is 5.32 Å². The van der Waals surface area contributed by atoms with Crippen molar-refractivity contribution in [3.8, 4) is 0 Å². The number of rotatable bonds is 11. The lowest BCUT2D eigenvalue weighted by atomic mass is 10.3. The standard InChI is InChI=1S/C12H23NO5/c1-10(2)18-9-8-17-7-3-6-13-11(14)4-5-12(15)16/h10H,3-9H2,1-2H3,(H,13,14)(H,15,16). The van der Waals surface area contributed by atoms with Crippen LogP contribution in [0.4, 0.5) is 0 Å². The van der Waals surface area contributed by atoms with Crippen LogP contribution in [0.2, 0.25) is 0 Å². The minimum atomic E-state index is -0.960. The number of aliphatic carboxylic acids is 1. The molecule has 0 radical (unpaired) electrons. The average Bonchev–Trinajstić information content (AvgIpc) is 2.29. The highest BCUT2D eigenvalue weighted by atomic mass is 16.5. The summed E-state index contributed by atoms with van der Waals surface area (Å²) >= 11 is 0. The number of carbonyl (C=O) groups excluding carboxylic acids is 1. The number of carboxylic acids is 1. The van der Waals surface area contributed by atoms with Crippen molar-refractivity contribution in [2.75, 3.05) is 26.4 Å². The van der Waals surface area contributed by atoms with Crippen molar-refractivity contribution < 1.29 is 24.2 Å². The van der Waals surface area contributed by atoms with E-state index in [9.17, 15) is 9.59 Å². The van der Waals surface area contributed by atoms with Crippen molar-refractivity contribution >= 4 is 11.9 Å². The number of ether oxygens (including phenoxy) is 2. The summed E-state index contributed by atoms with van der Waals surface area (Å²) in [6.07, 6.45) is 0.815. The molecule has 6 heteroatoms. The van der Waals surface area contributed by atoms with Gasteiger partial charge in [-0.15, -0.1) is 0 Å². The molecule has 0 aliphatic heterocycles. The van der Waals surface area contributed by atoms with Gasteiger partial charge in [0.05, 0.1) is 25.7 Å². The van der Waals surface area contributed by atoms with E-state index in [0.29, 0.717) is 32.8 Å². The van der Waals surface area contributed by atoms with E-state index >= 15 is 0 Å². The monoisotopic (exact) mass is 261 g/mol. The topological polar surface area (TPSA) is 84.9 Å². The molecule has 0 heterocycles. The summed E-state index contributed by atoms with van der Waals surface area (Å²) < 4.78 is 10.6. The largest absolute Gasteiger partial charge is 0.481 e. The number of carboxylic acid groups (broad SMARTS) is 1. The maximum Gasteiger partial charge on any atom is 0.303 e. The van der Waals surface area contributed by atoms with Gasteiger partial charge in [0.2, 0.25) is 5.91 Å². The lowest BCUT2D eigenvalue weighted by molar-refractivity contribution is -0.138. The van der Waals surface area contributed by atoms with Crippen LogP contribution in [-0.2, 0) is 19.1 Å². The third kappa shape index (κ3) is 12.9. The highest BCUT2D eigenvalue weighted by Crippen LogP contribution is 1.90. The molecule has 0 bridgehead atoms. The Labute approximate surface area is 108 Å². The second-order valence-electron chi connectivity index (χ2n) is 4.13. The molecule has 1 amide bonds. The Balaban J connectivity index is 3.20. The van der Waals surface area contributed by atoms with Crippen molar-refractivity contribution in [2.45, 2.75) is 39.2 Å². The van der Waals surface area contributed by atoms with Crippen LogP contribution in [0.25, 0.3) is 0 Å². The zero-order valence-corrected chi connectivity index (χ0v) is 11.1. The van der Waals surface area contributed by atoms with Crippen molar-refractivity contribution in [1.82, 2.24) is 5.32 Å². The first kappa shape index (κ1) is 16.9. The van der Waals surface area contributed by atoms with Crippen LogP contribution in [0, 0.1) is 0 Å². The molecule has 6 nitrogen and oxygen atoms in total. The van der Waals surface area contributed by atoms with E-state index in [1.54, 1.807) is 0 Å². The summed E-state index contributed by atoms with van der Waals surface area (Å²) in [7, 11) is 0. The van der Waals surface area contributed by atoms with Crippen molar-refractivity contribution in [1.29, 1.82) is 0 Å². The van der Waals surface area contributed by atoms with Gasteiger partial charge in [0.1, 0.15) is 0 Å². The average molecular weight is 261 g/mol. The summed E-state index contributed by atoms with van der Waals surface area (Å²) in [5.41, 5.74) is 0. The molecule has 0 saturated carbocycles. The van der Waals surface area contributed by atoms with E-state index in [-0.39, 0.29) is 24.9 Å². The van der Waals surface area contributed by atoms with Gasteiger partial charge >= 0.3 is 5.97 Å². The summed E-state index contributed by atoms with van der Waals surface area (Å²) in [6, 6.07) is 0. The van der Waals surface area contributed by atoms with Crippen LogP contribution in [0.15, 0.2) is 0 Å². The Bertz CT molecular complexity index is 243. The molecule has 0 saturated heterocycles. The first-order chi connectivity index (χ1) is 8.52. The summed E-state index contributed by atoms with van der Waals surface area (Å²) in [6.45, 7) is 6.11.